The number of nitrogens with one attached hydrogen (secondary N) is 1. The quantitative estimate of drug-likeness (QED) is 0.630. The first-order chi connectivity index (χ1) is 4.93. The van der Waals surface area contributed by atoms with Gasteiger partial charge in [0, 0.05) is 12.7 Å². The molecular formula is C7H12N3. The molecule has 0 unspecified atom stereocenters. The Morgan fingerprint density at radius 1 is 1.70 bits per heavy atom. The Balaban J connectivity index is 2.15. The van der Waals surface area contributed by atoms with E-state index < -0.39 is 0 Å². The van der Waals surface area contributed by atoms with Gasteiger partial charge in [-0.05, 0) is 12.5 Å². The fourth-order valence-electron chi connectivity index (χ4n) is 0.691. The molecule has 0 aliphatic rings. The zero-order valence-electron chi connectivity index (χ0n) is 6.17. The van der Waals surface area contributed by atoms with Crippen LogP contribution in [0.5, 0.6) is 0 Å². The fraction of sp³-hybridized carbons (Fsp3) is 0.571. The van der Waals surface area contributed by atoms with Crippen molar-refractivity contribution in [2.75, 3.05) is 12.0 Å². The van der Waals surface area contributed by atoms with Crippen molar-refractivity contribution in [3.05, 3.63) is 18.5 Å². The first kappa shape index (κ1) is 7.12. The van der Waals surface area contributed by atoms with Gasteiger partial charge in [-0.25, -0.2) is 0 Å². The molecular weight excluding hydrogens is 126 g/mol. The van der Waals surface area contributed by atoms with Gasteiger partial charge in [0.05, 0.1) is 0 Å². The number of nitrogens with zero attached hydrogens (tertiary/aromatic N) is 2. The summed E-state index contributed by atoms with van der Waals surface area (Å²) in [5.74, 6) is 0. The van der Waals surface area contributed by atoms with E-state index in [0.29, 0.717) is 0 Å². The van der Waals surface area contributed by atoms with Crippen molar-refractivity contribution in [1.82, 2.24) is 9.89 Å². The predicted molar refractivity (Wildman–Crippen MR) is 40.2 cm³/mol. The van der Waals surface area contributed by atoms with Gasteiger partial charge in [-0.2, -0.15) is 9.89 Å². The molecule has 0 aliphatic carbocycles. The van der Waals surface area contributed by atoms with Crippen molar-refractivity contribution in [1.29, 1.82) is 0 Å². The second kappa shape index (κ2) is 3.93. The van der Waals surface area contributed by atoms with Gasteiger partial charge in [0.25, 0.3) is 0 Å². The molecule has 0 saturated carbocycles. The van der Waals surface area contributed by atoms with Crippen LogP contribution in [0.25, 0.3) is 0 Å². The highest BCUT2D eigenvalue weighted by Crippen LogP contribution is 1.84. The third-order valence-electron chi connectivity index (χ3n) is 1.26. The molecule has 0 bridgehead atoms. The maximum atomic E-state index is 3.87. The normalized spacial score (nSPS) is 9.70. The van der Waals surface area contributed by atoms with Crippen LogP contribution in [0.1, 0.15) is 19.8 Å². The van der Waals surface area contributed by atoms with Crippen LogP contribution >= 0.6 is 0 Å². The standard InChI is InChI=1S/C7H12N3/c1-2-3-5-8-10-7-4-6-9-10/h4,7-8H,2-3,5H2,1H3. The fourth-order valence-corrected chi connectivity index (χ4v) is 0.691. The molecule has 0 saturated heterocycles. The molecule has 0 spiro atoms. The monoisotopic (exact) mass is 138 g/mol. The minimum atomic E-state index is 0.978. The minimum Gasteiger partial charge on any atom is -0.310 e. The maximum absolute atomic E-state index is 3.87. The molecule has 1 rings (SSSR count). The van der Waals surface area contributed by atoms with Gasteiger partial charge in [0.1, 0.15) is 6.20 Å². The van der Waals surface area contributed by atoms with Crippen LogP contribution in [0.2, 0.25) is 0 Å². The summed E-state index contributed by atoms with van der Waals surface area (Å²) in [6, 6.07) is 1.78. The molecule has 0 aromatic carbocycles. The number of unbranched alkanes of at least 4 members (excludes halogenated alkanes) is 1. The van der Waals surface area contributed by atoms with Gasteiger partial charge in [0.2, 0.25) is 0 Å². The van der Waals surface area contributed by atoms with Gasteiger partial charge in [-0.15, -0.1) is 0 Å². The van der Waals surface area contributed by atoms with Gasteiger partial charge in [0.15, 0.2) is 0 Å². The second-order valence-corrected chi connectivity index (χ2v) is 2.15. The Hall–Kier alpha value is -0.990. The number of rotatable bonds is 4. The molecule has 55 valence electrons. The summed E-state index contributed by atoms with van der Waals surface area (Å²) in [5.41, 5.74) is 3.10. The molecule has 3 heteroatoms. The Morgan fingerprint density at radius 3 is 3.20 bits per heavy atom. The molecule has 1 aromatic heterocycles. The summed E-state index contributed by atoms with van der Waals surface area (Å²) in [7, 11) is 0. The number of aromatic nitrogens is 2. The van der Waals surface area contributed by atoms with E-state index in [1.807, 2.05) is 6.20 Å². The zero-order chi connectivity index (χ0) is 7.23. The van der Waals surface area contributed by atoms with E-state index in [-0.39, 0.29) is 0 Å². The summed E-state index contributed by atoms with van der Waals surface area (Å²) in [5, 5.41) is 3.87. The Bertz CT molecular complexity index is 157. The summed E-state index contributed by atoms with van der Waals surface area (Å²) in [6.07, 6.45) is 6.94. The highest BCUT2D eigenvalue weighted by atomic mass is 15.5. The molecule has 1 heterocycles. The van der Waals surface area contributed by atoms with E-state index in [0.717, 1.165) is 6.54 Å². The van der Waals surface area contributed by atoms with E-state index in [1.165, 1.54) is 12.8 Å². The lowest BCUT2D eigenvalue weighted by Gasteiger charge is -2.02. The van der Waals surface area contributed by atoms with Crippen molar-refractivity contribution in [3.8, 4) is 0 Å². The summed E-state index contributed by atoms with van der Waals surface area (Å²) in [6.45, 7) is 3.14. The van der Waals surface area contributed by atoms with Gasteiger partial charge >= 0.3 is 0 Å². The second-order valence-electron chi connectivity index (χ2n) is 2.15. The molecule has 10 heavy (non-hydrogen) atoms. The highest BCUT2D eigenvalue weighted by molar-refractivity contribution is 4.79. The molecule has 1 aromatic rings. The summed E-state index contributed by atoms with van der Waals surface area (Å²) in [4.78, 5) is 1.68. The average molecular weight is 138 g/mol. The smallest absolute Gasteiger partial charge is 0.115 e. The predicted octanol–water partition coefficient (Wildman–Crippen LogP) is 1.03. The van der Waals surface area contributed by atoms with Crippen molar-refractivity contribution < 1.29 is 0 Å². The minimum absolute atomic E-state index is 0.978. The first-order valence-electron chi connectivity index (χ1n) is 3.59. The SMILES string of the molecule is CCCCNn1cc[c]n1. The van der Waals surface area contributed by atoms with E-state index in [4.69, 9.17) is 0 Å². The summed E-state index contributed by atoms with van der Waals surface area (Å²) < 4.78 is 0. The summed E-state index contributed by atoms with van der Waals surface area (Å²) >= 11 is 0. The van der Waals surface area contributed by atoms with Gasteiger partial charge < -0.3 is 5.43 Å². The Morgan fingerprint density at radius 2 is 2.60 bits per heavy atom. The molecule has 0 amide bonds. The van der Waals surface area contributed by atoms with E-state index in [9.17, 15) is 0 Å². The maximum Gasteiger partial charge on any atom is 0.115 e. The number of hydrogen-bond donors (Lipinski definition) is 1. The molecule has 1 N–H and O–H groups in total. The van der Waals surface area contributed by atoms with Crippen LogP contribution < -0.4 is 5.43 Å². The van der Waals surface area contributed by atoms with E-state index in [1.54, 1.807) is 10.9 Å². The molecule has 0 aliphatic heterocycles. The van der Waals surface area contributed by atoms with Crippen LogP contribution in [0.3, 0.4) is 0 Å². The lowest BCUT2D eigenvalue weighted by Crippen LogP contribution is -2.15. The van der Waals surface area contributed by atoms with Crippen molar-refractivity contribution in [3.63, 3.8) is 0 Å². The van der Waals surface area contributed by atoms with Crippen LogP contribution in [0.15, 0.2) is 12.3 Å². The van der Waals surface area contributed by atoms with Crippen LogP contribution in [-0.4, -0.2) is 16.4 Å². The molecule has 1 radical (unpaired) electrons. The molecule has 3 nitrogen and oxygen atoms in total. The van der Waals surface area contributed by atoms with E-state index >= 15 is 0 Å². The van der Waals surface area contributed by atoms with Crippen molar-refractivity contribution >= 4 is 0 Å². The Labute approximate surface area is 61.0 Å². The van der Waals surface area contributed by atoms with Gasteiger partial charge in [-0.3, -0.25) is 0 Å². The van der Waals surface area contributed by atoms with Crippen LogP contribution in [0, 0.1) is 6.20 Å². The van der Waals surface area contributed by atoms with Crippen molar-refractivity contribution in [2.24, 2.45) is 0 Å². The van der Waals surface area contributed by atoms with E-state index in [2.05, 4.69) is 23.6 Å². The third kappa shape index (κ3) is 2.09. The van der Waals surface area contributed by atoms with Crippen LogP contribution in [0.4, 0.5) is 0 Å². The Kier molecular flexibility index (Phi) is 2.80. The topological polar surface area (TPSA) is 29.9 Å². The van der Waals surface area contributed by atoms with Gasteiger partial charge in [-0.1, -0.05) is 13.3 Å². The van der Waals surface area contributed by atoms with Crippen LogP contribution in [-0.2, 0) is 0 Å². The van der Waals surface area contributed by atoms with Crippen molar-refractivity contribution in [2.45, 2.75) is 19.8 Å². The average Bonchev–Trinajstić information content (AvgIpc) is 2.41. The lowest BCUT2D eigenvalue weighted by atomic mass is 10.3. The zero-order valence-corrected chi connectivity index (χ0v) is 6.17. The highest BCUT2D eigenvalue weighted by Gasteiger charge is 1.85. The largest absolute Gasteiger partial charge is 0.310 e. The number of hydrogen-bond acceptors (Lipinski definition) is 2. The lowest BCUT2D eigenvalue weighted by molar-refractivity contribution is 0.692. The molecule has 0 fully saturated rings. The first-order valence-corrected chi connectivity index (χ1v) is 3.59. The third-order valence-corrected chi connectivity index (χ3v) is 1.26. The molecule has 0 atom stereocenters.